The first-order valence-electron chi connectivity index (χ1n) is 20.7. The largest absolute Gasteiger partial charge is 0.456 e. The summed E-state index contributed by atoms with van der Waals surface area (Å²) in [6.45, 7) is 0. The molecule has 12 aromatic rings. The Labute approximate surface area is 353 Å². The Morgan fingerprint density at radius 2 is 0.803 bits per heavy atom. The minimum atomic E-state index is 0.855. The molecular weight excluding hydrogens is 743 g/mol. The third-order valence-corrected chi connectivity index (χ3v) is 12.0. The van der Waals surface area contributed by atoms with Gasteiger partial charge in [-0.1, -0.05) is 146 Å². The number of nitrogens with zero attached hydrogens (tertiary/aromatic N) is 1. The van der Waals surface area contributed by atoms with E-state index in [0.29, 0.717) is 0 Å². The van der Waals surface area contributed by atoms with E-state index >= 15 is 0 Å². The lowest BCUT2D eigenvalue weighted by Gasteiger charge is -2.26. The second-order valence-electron chi connectivity index (χ2n) is 15.7. The summed E-state index contributed by atoms with van der Waals surface area (Å²) in [6.07, 6.45) is 0. The third kappa shape index (κ3) is 6.06. The van der Waals surface area contributed by atoms with Crippen LogP contribution in [0.1, 0.15) is 0 Å². The summed E-state index contributed by atoms with van der Waals surface area (Å²) < 4.78 is 12.9. The van der Waals surface area contributed by atoms with Gasteiger partial charge in [0.1, 0.15) is 22.3 Å². The van der Waals surface area contributed by atoms with Crippen molar-refractivity contribution >= 4 is 71.7 Å². The van der Waals surface area contributed by atoms with Crippen LogP contribution >= 0.6 is 0 Å². The van der Waals surface area contributed by atoms with E-state index in [4.69, 9.17) is 8.83 Å². The Morgan fingerprint density at radius 3 is 1.48 bits per heavy atom. The van der Waals surface area contributed by atoms with Crippen molar-refractivity contribution in [2.75, 3.05) is 4.90 Å². The molecule has 10 aromatic carbocycles. The van der Waals surface area contributed by atoms with Crippen LogP contribution in [0, 0.1) is 0 Å². The lowest BCUT2D eigenvalue weighted by Crippen LogP contribution is -2.10. The van der Waals surface area contributed by atoms with Crippen molar-refractivity contribution in [3.8, 4) is 44.5 Å². The summed E-state index contributed by atoms with van der Waals surface area (Å²) in [6, 6.07) is 80.0. The van der Waals surface area contributed by atoms with Crippen molar-refractivity contribution in [3.05, 3.63) is 224 Å². The van der Waals surface area contributed by atoms with Crippen LogP contribution in [0.5, 0.6) is 0 Å². The molecular formula is C58H37NO2. The van der Waals surface area contributed by atoms with Crippen LogP contribution in [-0.2, 0) is 0 Å². The van der Waals surface area contributed by atoms with Gasteiger partial charge in [0.25, 0.3) is 0 Å². The minimum absolute atomic E-state index is 0.855. The predicted molar refractivity (Wildman–Crippen MR) is 255 cm³/mol. The van der Waals surface area contributed by atoms with Gasteiger partial charge in [0.05, 0.1) is 11.1 Å². The molecule has 3 nitrogen and oxygen atoms in total. The van der Waals surface area contributed by atoms with E-state index in [9.17, 15) is 0 Å². The van der Waals surface area contributed by atoms with Crippen LogP contribution < -0.4 is 4.90 Å². The summed E-state index contributed by atoms with van der Waals surface area (Å²) in [5.74, 6) is 0. The molecule has 2 heterocycles. The zero-order chi connectivity index (χ0) is 40.3. The molecule has 0 fully saturated rings. The van der Waals surface area contributed by atoms with Crippen LogP contribution in [0.25, 0.3) is 99.2 Å². The van der Waals surface area contributed by atoms with Crippen LogP contribution in [0.3, 0.4) is 0 Å². The maximum absolute atomic E-state index is 6.70. The summed E-state index contributed by atoms with van der Waals surface area (Å²) in [5, 5.41) is 6.69. The van der Waals surface area contributed by atoms with Crippen molar-refractivity contribution in [2.24, 2.45) is 0 Å². The van der Waals surface area contributed by atoms with Crippen molar-refractivity contribution in [3.63, 3.8) is 0 Å². The Hall–Kier alpha value is -8.14. The number of para-hydroxylation sites is 1. The molecule has 12 rings (SSSR count). The molecule has 2 aromatic heterocycles. The second kappa shape index (κ2) is 14.3. The van der Waals surface area contributed by atoms with Gasteiger partial charge >= 0.3 is 0 Å². The quantitative estimate of drug-likeness (QED) is 0.161. The normalized spacial score (nSPS) is 11.6. The topological polar surface area (TPSA) is 29.5 Å². The van der Waals surface area contributed by atoms with E-state index in [2.05, 4.69) is 217 Å². The molecule has 0 aliphatic carbocycles. The molecule has 0 aliphatic rings. The highest BCUT2D eigenvalue weighted by molar-refractivity contribution is 6.19. The Bertz CT molecular complexity index is 3510. The average Bonchev–Trinajstić information content (AvgIpc) is 3.92. The minimum Gasteiger partial charge on any atom is -0.456 e. The second-order valence-corrected chi connectivity index (χ2v) is 15.7. The maximum Gasteiger partial charge on any atom is 0.143 e. The van der Waals surface area contributed by atoms with Gasteiger partial charge in [0.2, 0.25) is 0 Å². The van der Waals surface area contributed by atoms with Gasteiger partial charge in [0, 0.05) is 32.9 Å². The Morgan fingerprint density at radius 1 is 0.279 bits per heavy atom. The van der Waals surface area contributed by atoms with Crippen molar-refractivity contribution in [1.82, 2.24) is 0 Å². The maximum atomic E-state index is 6.70. The van der Waals surface area contributed by atoms with E-state index in [1.807, 2.05) is 12.1 Å². The molecule has 0 spiro atoms. The average molecular weight is 780 g/mol. The molecule has 0 radical (unpaired) electrons. The SMILES string of the molecule is c1ccc(-c2cc(-c3ccccc3)cc(-c3ccc(N(c4ccc(-c5ccc6oc7ccccc7c6c5)cc4)c4cccc5oc6c7ccccc7ccc6c45)cc3)c2)cc1. The van der Waals surface area contributed by atoms with E-state index in [-0.39, 0.29) is 0 Å². The number of hydrogen-bond donors (Lipinski definition) is 0. The highest BCUT2D eigenvalue weighted by atomic mass is 16.3. The highest BCUT2D eigenvalue weighted by Crippen LogP contribution is 2.45. The van der Waals surface area contributed by atoms with Gasteiger partial charge in [-0.05, 0) is 129 Å². The molecule has 0 amide bonds. The van der Waals surface area contributed by atoms with E-state index in [1.165, 1.54) is 27.8 Å². The molecule has 0 saturated carbocycles. The van der Waals surface area contributed by atoms with E-state index < -0.39 is 0 Å². The molecule has 0 atom stereocenters. The fraction of sp³-hybridized carbons (Fsp3) is 0. The zero-order valence-electron chi connectivity index (χ0n) is 33.1. The summed E-state index contributed by atoms with van der Waals surface area (Å²) >= 11 is 0. The molecule has 0 saturated heterocycles. The molecule has 0 N–H and O–H groups in total. The number of rotatable bonds is 7. The van der Waals surface area contributed by atoms with Gasteiger partial charge in [-0.2, -0.15) is 0 Å². The standard InChI is InChI=1S/C58H37NO2/c1-3-12-38(13-4-1)44-34-45(39-14-5-2-6-15-39)36-46(35-44)41-24-30-48(31-25-41)59(53-19-11-21-56-57(53)51-32-26-42-16-7-8-17-49(42)58(51)61-56)47-28-22-40(23-29-47)43-27-33-55-52(37-43)50-18-9-10-20-54(50)60-55/h1-37H. The predicted octanol–water partition coefficient (Wildman–Crippen LogP) is 16.8. The lowest BCUT2D eigenvalue weighted by atomic mass is 9.93. The van der Waals surface area contributed by atoms with Crippen LogP contribution in [0.2, 0.25) is 0 Å². The first-order valence-corrected chi connectivity index (χ1v) is 20.7. The van der Waals surface area contributed by atoms with Gasteiger partial charge < -0.3 is 13.7 Å². The van der Waals surface area contributed by atoms with E-state index in [0.717, 1.165) is 88.4 Å². The summed E-state index contributed by atoms with van der Waals surface area (Å²) in [5.41, 5.74) is 16.1. The molecule has 61 heavy (non-hydrogen) atoms. The van der Waals surface area contributed by atoms with Gasteiger partial charge in [-0.3, -0.25) is 0 Å². The van der Waals surface area contributed by atoms with E-state index in [1.54, 1.807) is 0 Å². The molecule has 0 aliphatic heterocycles. The fourth-order valence-corrected chi connectivity index (χ4v) is 9.05. The lowest BCUT2D eigenvalue weighted by molar-refractivity contribution is 0.669. The molecule has 0 bridgehead atoms. The summed E-state index contributed by atoms with van der Waals surface area (Å²) in [7, 11) is 0. The third-order valence-electron chi connectivity index (χ3n) is 12.0. The first kappa shape index (κ1) is 34.9. The van der Waals surface area contributed by atoms with Crippen molar-refractivity contribution in [1.29, 1.82) is 0 Å². The van der Waals surface area contributed by atoms with Crippen LogP contribution in [0.15, 0.2) is 233 Å². The van der Waals surface area contributed by atoms with Crippen LogP contribution in [-0.4, -0.2) is 0 Å². The molecule has 286 valence electrons. The number of furan rings is 2. The van der Waals surface area contributed by atoms with Crippen LogP contribution in [0.4, 0.5) is 17.1 Å². The van der Waals surface area contributed by atoms with Crippen molar-refractivity contribution in [2.45, 2.75) is 0 Å². The van der Waals surface area contributed by atoms with Gasteiger partial charge in [-0.25, -0.2) is 0 Å². The number of hydrogen-bond acceptors (Lipinski definition) is 3. The first-order chi connectivity index (χ1) is 30.2. The zero-order valence-corrected chi connectivity index (χ0v) is 33.1. The number of benzene rings is 10. The fourth-order valence-electron chi connectivity index (χ4n) is 9.05. The smallest absolute Gasteiger partial charge is 0.143 e. The monoisotopic (exact) mass is 779 g/mol. The number of anilines is 3. The highest BCUT2D eigenvalue weighted by Gasteiger charge is 2.21. The number of fused-ring (bicyclic) bond motifs is 8. The Kier molecular flexibility index (Phi) is 8.17. The van der Waals surface area contributed by atoms with Gasteiger partial charge in [0.15, 0.2) is 0 Å². The molecule has 0 unspecified atom stereocenters. The van der Waals surface area contributed by atoms with Gasteiger partial charge in [-0.15, -0.1) is 0 Å². The summed E-state index contributed by atoms with van der Waals surface area (Å²) in [4.78, 5) is 2.36. The van der Waals surface area contributed by atoms with Crippen molar-refractivity contribution < 1.29 is 8.83 Å². The molecule has 3 heteroatoms. The Balaban J connectivity index is 1.00.